The van der Waals surface area contributed by atoms with Crippen molar-refractivity contribution in [2.75, 3.05) is 12.4 Å². The maximum Gasteiger partial charge on any atom is 0.257 e. The summed E-state index contributed by atoms with van der Waals surface area (Å²) < 4.78 is 33.9. The van der Waals surface area contributed by atoms with E-state index in [1.54, 1.807) is 30.3 Å². The lowest BCUT2D eigenvalue weighted by Gasteiger charge is -2.46. The second kappa shape index (κ2) is 8.16. The van der Waals surface area contributed by atoms with Crippen LogP contribution in [0.3, 0.4) is 0 Å². The molecule has 2 aliphatic heterocycles. The van der Waals surface area contributed by atoms with Gasteiger partial charge in [0.25, 0.3) is 5.91 Å². The number of aliphatic imine (C=N–C) groups is 1. The number of rotatable bonds is 3. The highest BCUT2D eigenvalue weighted by Gasteiger charge is 2.50. The SMILES string of the molecule is NC(=O)[C@H]1C[C@H]2CSC(NC(=O)c3ccccc3)=N[C@@]2(c2ccc(F)cc2F)CO1. The van der Waals surface area contributed by atoms with Crippen molar-refractivity contribution in [1.29, 1.82) is 0 Å². The smallest absolute Gasteiger partial charge is 0.257 e. The number of carbonyl (C=O) groups excluding carboxylic acids is 2. The maximum absolute atomic E-state index is 14.8. The second-order valence-corrected chi connectivity index (χ2v) is 8.24. The lowest BCUT2D eigenvalue weighted by Crippen LogP contribution is -2.53. The number of thioether (sulfide) groups is 1. The van der Waals surface area contributed by atoms with E-state index in [4.69, 9.17) is 10.5 Å². The molecule has 3 atom stereocenters. The predicted molar refractivity (Wildman–Crippen MR) is 109 cm³/mol. The standard InChI is InChI=1S/C21H19F2N3O3S/c22-14-6-7-15(16(23)9-14)21-11-29-17(18(24)27)8-13(21)10-30-20(26-21)25-19(28)12-4-2-1-3-5-12/h1-7,9,13,17H,8,10-11H2,(H2,24,27)(H,25,26,28)/t13-,17+,21-/m0/s1. The van der Waals surface area contributed by atoms with Gasteiger partial charge in [0.05, 0.1) is 6.61 Å². The molecule has 0 bridgehead atoms. The molecular weight excluding hydrogens is 412 g/mol. The molecule has 1 saturated heterocycles. The summed E-state index contributed by atoms with van der Waals surface area (Å²) in [6, 6.07) is 11.9. The number of halogens is 2. The topological polar surface area (TPSA) is 93.8 Å². The summed E-state index contributed by atoms with van der Waals surface area (Å²) in [5, 5.41) is 3.07. The minimum Gasteiger partial charge on any atom is -0.367 e. The molecule has 156 valence electrons. The van der Waals surface area contributed by atoms with Crippen molar-refractivity contribution < 1.29 is 23.1 Å². The number of nitrogens with zero attached hydrogens (tertiary/aromatic N) is 1. The maximum atomic E-state index is 14.8. The molecule has 2 heterocycles. The molecule has 3 N–H and O–H groups in total. The molecule has 4 rings (SSSR count). The molecule has 0 aliphatic carbocycles. The third kappa shape index (κ3) is 3.82. The van der Waals surface area contributed by atoms with Gasteiger partial charge in [0.15, 0.2) is 5.17 Å². The summed E-state index contributed by atoms with van der Waals surface area (Å²) in [5.41, 5.74) is 4.80. The Balaban J connectivity index is 1.71. The number of nitrogens with two attached hydrogens (primary N) is 1. The fourth-order valence-corrected chi connectivity index (χ4v) is 4.97. The summed E-state index contributed by atoms with van der Waals surface area (Å²) >= 11 is 1.30. The van der Waals surface area contributed by atoms with Gasteiger partial charge in [-0.05, 0) is 24.6 Å². The minimum absolute atomic E-state index is 0.112. The molecule has 0 unspecified atom stereocenters. The predicted octanol–water partition coefficient (Wildman–Crippen LogP) is 2.58. The van der Waals surface area contributed by atoms with Crippen molar-refractivity contribution in [3.05, 3.63) is 71.3 Å². The molecule has 1 fully saturated rings. The van der Waals surface area contributed by atoms with Crippen LogP contribution < -0.4 is 11.1 Å². The van der Waals surface area contributed by atoms with Crippen molar-refractivity contribution >= 4 is 28.7 Å². The number of benzene rings is 2. The summed E-state index contributed by atoms with van der Waals surface area (Å²) in [4.78, 5) is 28.8. The Labute approximate surface area is 175 Å². The molecule has 2 aromatic carbocycles. The number of amides is 2. The van der Waals surface area contributed by atoms with E-state index >= 15 is 0 Å². The molecule has 2 amide bonds. The highest BCUT2D eigenvalue weighted by Crippen LogP contribution is 2.46. The van der Waals surface area contributed by atoms with E-state index in [2.05, 4.69) is 10.3 Å². The van der Waals surface area contributed by atoms with Crippen LogP contribution in [0.25, 0.3) is 0 Å². The van der Waals surface area contributed by atoms with Gasteiger partial charge >= 0.3 is 0 Å². The van der Waals surface area contributed by atoms with Crippen molar-refractivity contribution in [1.82, 2.24) is 5.32 Å². The molecule has 0 aromatic heterocycles. The van der Waals surface area contributed by atoms with Gasteiger partial charge in [0.2, 0.25) is 5.91 Å². The van der Waals surface area contributed by atoms with Gasteiger partial charge < -0.3 is 15.8 Å². The van der Waals surface area contributed by atoms with E-state index in [0.29, 0.717) is 16.5 Å². The fraction of sp³-hybridized carbons (Fsp3) is 0.286. The average Bonchev–Trinajstić information content (AvgIpc) is 2.73. The number of nitrogens with one attached hydrogen (secondary N) is 1. The quantitative estimate of drug-likeness (QED) is 0.781. The monoisotopic (exact) mass is 431 g/mol. The van der Waals surface area contributed by atoms with E-state index in [1.165, 1.54) is 17.8 Å². The molecule has 2 aromatic rings. The Kier molecular flexibility index (Phi) is 5.57. The largest absolute Gasteiger partial charge is 0.367 e. The van der Waals surface area contributed by atoms with Gasteiger partial charge in [-0.3, -0.25) is 9.59 Å². The highest BCUT2D eigenvalue weighted by atomic mass is 32.2. The van der Waals surface area contributed by atoms with Gasteiger partial charge in [-0.25, -0.2) is 13.8 Å². The number of fused-ring (bicyclic) bond motifs is 1. The number of hydrogen-bond donors (Lipinski definition) is 2. The number of carbonyl (C=O) groups is 2. The van der Waals surface area contributed by atoms with Crippen LogP contribution in [0, 0.1) is 17.6 Å². The minimum atomic E-state index is -1.20. The Hall–Kier alpha value is -2.78. The van der Waals surface area contributed by atoms with Gasteiger partial charge in [-0.1, -0.05) is 36.0 Å². The first-order valence-electron chi connectivity index (χ1n) is 9.34. The van der Waals surface area contributed by atoms with Crippen molar-refractivity contribution in [2.24, 2.45) is 16.6 Å². The molecule has 30 heavy (non-hydrogen) atoms. The summed E-state index contributed by atoms with van der Waals surface area (Å²) in [7, 11) is 0. The number of primary amides is 1. The van der Waals surface area contributed by atoms with E-state index in [-0.39, 0.29) is 30.4 Å². The van der Waals surface area contributed by atoms with Crippen LogP contribution >= 0.6 is 11.8 Å². The molecule has 2 aliphatic rings. The van der Waals surface area contributed by atoms with E-state index in [9.17, 15) is 18.4 Å². The lowest BCUT2D eigenvalue weighted by atomic mass is 9.75. The molecular formula is C21H19F2N3O3S. The Morgan fingerprint density at radius 2 is 1.97 bits per heavy atom. The first-order valence-corrected chi connectivity index (χ1v) is 10.3. The molecule has 0 spiro atoms. The lowest BCUT2D eigenvalue weighted by molar-refractivity contribution is -0.138. The number of ether oxygens (including phenoxy) is 1. The van der Waals surface area contributed by atoms with Crippen LogP contribution in [0.1, 0.15) is 22.3 Å². The zero-order chi connectivity index (χ0) is 21.3. The first-order chi connectivity index (χ1) is 14.4. The van der Waals surface area contributed by atoms with Crippen LogP contribution in [0.2, 0.25) is 0 Å². The van der Waals surface area contributed by atoms with Gasteiger partial charge in [-0.15, -0.1) is 0 Å². The normalized spacial score (nSPS) is 25.7. The van der Waals surface area contributed by atoms with Crippen LogP contribution in [-0.2, 0) is 15.1 Å². The zero-order valence-corrected chi connectivity index (χ0v) is 16.6. The van der Waals surface area contributed by atoms with Crippen LogP contribution in [0.5, 0.6) is 0 Å². The zero-order valence-electron chi connectivity index (χ0n) is 15.8. The van der Waals surface area contributed by atoms with Gasteiger partial charge in [0.1, 0.15) is 23.3 Å². The first kappa shape index (κ1) is 20.5. The summed E-state index contributed by atoms with van der Waals surface area (Å²) in [6.45, 7) is -0.112. The van der Waals surface area contributed by atoms with Crippen LogP contribution in [0.4, 0.5) is 8.78 Å². The van der Waals surface area contributed by atoms with Crippen molar-refractivity contribution in [3.63, 3.8) is 0 Å². The van der Waals surface area contributed by atoms with Crippen molar-refractivity contribution in [3.8, 4) is 0 Å². The van der Waals surface area contributed by atoms with Crippen LogP contribution in [-0.4, -0.2) is 35.4 Å². The second-order valence-electron chi connectivity index (χ2n) is 7.23. The van der Waals surface area contributed by atoms with Gasteiger partial charge in [-0.2, -0.15) is 0 Å². The highest BCUT2D eigenvalue weighted by molar-refractivity contribution is 8.13. The molecule has 0 saturated carbocycles. The van der Waals surface area contributed by atoms with Gasteiger partial charge in [0, 0.05) is 28.9 Å². The Morgan fingerprint density at radius 1 is 1.20 bits per heavy atom. The third-order valence-corrected chi connectivity index (χ3v) is 6.41. The van der Waals surface area contributed by atoms with Crippen molar-refractivity contribution in [2.45, 2.75) is 18.1 Å². The summed E-state index contributed by atoms with van der Waals surface area (Å²) in [6.07, 6.45) is -0.550. The summed E-state index contributed by atoms with van der Waals surface area (Å²) in [5.74, 6) is -2.24. The number of hydrogen-bond acceptors (Lipinski definition) is 5. The Morgan fingerprint density at radius 3 is 2.67 bits per heavy atom. The number of amidine groups is 1. The average molecular weight is 431 g/mol. The molecule has 9 heteroatoms. The molecule has 6 nitrogen and oxygen atoms in total. The molecule has 0 radical (unpaired) electrons. The third-order valence-electron chi connectivity index (χ3n) is 5.37. The van der Waals surface area contributed by atoms with Crippen LogP contribution in [0.15, 0.2) is 53.5 Å². The van der Waals surface area contributed by atoms with E-state index < -0.39 is 29.2 Å². The fourth-order valence-electron chi connectivity index (χ4n) is 3.81. The van der Waals surface area contributed by atoms with E-state index in [0.717, 1.165) is 12.1 Å². The van der Waals surface area contributed by atoms with E-state index in [1.807, 2.05) is 0 Å². The Bertz CT molecular complexity index is 1020.